The van der Waals surface area contributed by atoms with E-state index in [9.17, 15) is 0 Å². The molecule has 1 atom stereocenters. The van der Waals surface area contributed by atoms with E-state index in [2.05, 4.69) is 10.3 Å². The Balaban J connectivity index is 1.80. The normalized spacial score (nSPS) is 16.2. The molecule has 5 heteroatoms. The van der Waals surface area contributed by atoms with E-state index in [-0.39, 0.29) is 6.10 Å². The lowest BCUT2D eigenvalue weighted by Gasteiger charge is -2.14. The number of anilines is 1. The third-order valence-corrected chi connectivity index (χ3v) is 3.92. The summed E-state index contributed by atoms with van der Waals surface area (Å²) in [6.07, 6.45) is 1.89. The lowest BCUT2D eigenvalue weighted by molar-refractivity contribution is 0.0798. The van der Waals surface area contributed by atoms with Gasteiger partial charge in [0.2, 0.25) is 0 Å². The van der Waals surface area contributed by atoms with Gasteiger partial charge in [-0.05, 0) is 30.7 Å². The van der Waals surface area contributed by atoms with Gasteiger partial charge >= 0.3 is 0 Å². The number of rotatable bonds is 5. The molecule has 3 rings (SSSR count). The van der Waals surface area contributed by atoms with Gasteiger partial charge in [0.1, 0.15) is 17.3 Å². The summed E-state index contributed by atoms with van der Waals surface area (Å²) in [5, 5.41) is 3.39. The first-order valence-electron chi connectivity index (χ1n) is 7.27. The molecule has 2 aromatic rings. The third kappa shape index (κ3) is 2.72. The second-order valence-electron chi connectivity index (χ2n) is 5.22. The average Bonchev–Trinajstić information content (AvgIpc) is 2.94. The van der Waals surface area contributed by atoms with Crippen molar-refractivity contribution in [1.82, 2.24) is 4.98 Å². The van der Waals surface area contributed by atoms with E-state index >= 15 is 0 Å². The highest BCUT2D eigenvalue weighted by Gasteiger charge is 2.23. The number of methoxy groups -OCH3 is 2. The number of ether oxygens (including phenoxy) is 3. The third-order valence-electron chi connectivity index (χ3n) is 3.92. The molecule has 0 amide bonds. The van der Waals surface area contributed by atoms with Crippen LogP contribution in [0, 0.1) is 0 Å². The molecule has 1 aromatic heterocycles. The van der Waals surface area contributed by atoms with Crippen LogP contribution in [0.4, 0.5) is 5.82 Å². The molecule has 1 unspecified atom stereocenters. The molecular formula is C17H20N2O3. The van der Waals surface area contributed by atoms with Gasteiger partial charge in [-0.15, -0.1) is 0 Å². The monoisotopic (exact) mass is 300 g/mol. The van der Waals surface area contributed by atoms with Gasteiger partial charge in [-0.25, -0.2) is 4.98 Å². The number of benzene rings is 1. The van der Waals surface area contributed by atoms with Crippen LogP contribution >= 0.6 is 0 Å². The summed E-state index contributed by atoms with van der Waals surface area (Å²) in [6.45, 7) is 3.33. The van der Waals surface area contributed by atoms with Crippen LogP contribution in [0.25, 0.3) is 0 Å². The van der Waals surface area contributed by atoms with Gasteiger partial charge in [0.15, 0.2) is 0 Å². The number of aromatic nitrogens is 1. The van der Waals surface area contributed by atoms with Gasteiger partial charge in [0.25, 0.3) is 0 Å². The topological polar surface area (TPSA) is 52.6 Å². The SMILES string of the molecule is COc1ccc(CNc2nccc3c2C(C)OC3)c(OC)c1. The molecule has 1 aliphatic heterocycles. The Hall–Kier alpha value is -2.27. The van der Waals surface area contributed by atoms with Crippen molar-refractivity contribution in [2.24, 2.45) is 0 Å². The molecule has 116 valence electrons. The molecule has 1 aliphatic rings. The minimum atomic E-state index is 0.0731. The fourth-order valence-electron chi connectivity index (χ4n) is 2.71. The zero-order valence-electron chi connectivity index (χ0n) is 13.1. The molecule has 1 N–H and O–H groups in total. The van der Waals surface area contributed by atoms with Crippen molar-refractivity contribution in [2.45, 2.75) is 26.2 Å². The lowest BCUT2D eigenvalue weighted by atomic mass is 10.1. The van der Waals surface area contributed by atoms with Crippen LogP contribution in [-0.4, -0.2) is 19.2 Å². The number of fused-ring (bicyclic) bond motifs is 1. The highest BCUT2D eigenvalue weighted by Crippen LogP contribution is 2.35. The fraction of sp³-hybridized carbons (Fsp3) is 0.353. The molecule has 0 radical (unpaired) electrons. The molecule has 0 aliphatic carbocycles. The predicted molar refractivity (Wildman–Crippen MR) is 84.3 cm³/mol. The molecule has 22 heavy (non-hydrogen) atoms. The van der Waals surface area contributed by atoms with E-state index in [0.717, 1.165) is 28.4 Å². The summed E-state index contributed by atoms with van der Waals surface area (Å²) >= 11 is 0. The van der Waals surface area contributed by atoms with Crippen LogP contribution in [0.5, 0.6) is 11.5 Å². The van der Waals surface area contributed by atoms with E-state index < -0.39 is 0 Å². The number of hydrogen-bond acceptors (Lipinski definition) is 5. The molecule has 0 spiro atoms. The molecule has 1 aromatic carbocycles. The first-order valence-corrected chi connectivity index (χ1v) is 7.27. The molecule has 0 bridgehead atoms. The summed E-state index contributed by atoms with van der Waals surface area (Å²) < 4.78 is 16.3. The summed E-state index contributed by atoms with van der Waals surface area (Å²) in [7, 11) is 3.30. The van der Waals surface area contributed by atoms with Gasteiger partial charge in [-0.1, -0.05) is 0 Å². The van der Waals surface area contributed by atoms with Crippen molar-refractivity contribution >= 4 is 5.82 Å². The van der Waals surface area contributed by atoms with E-state index in [4.69, 9.17) is 14.2 Å². The number of nitrogens with one attached hydrogen (secondary N) is 1. The maximum atomic E-state index is 5.67. The Kier molecular flexibility index (Phi) is 4.15. The van der Waals surface area contributed by atoms with Crippen LogP contribution in [0.2, 0.25) is 0 Å². The predicted octanol–water partition coefficient (Wildman–Crippen LogP) is 3.30. The van der Waals surface area contributed by atoms with Crippen molar-refractivity contribution in [3.05, 3.63) is 47.2 Å². The van der Waals surface area contributed by atoms with Gasteiger partial charge in [0, 0.05) is 29.9 Å². The Morgan fingerprint density at radius 1 is 1.27 bits per heavy atom. The van der Waals surface area contributed by atoms with E-state index in [1.807, 2.05) is 37.4 Å². The Labute approximate surface area is 130 Å². The Morgan fingerprint density at radius 3 is 2.91 bits per heavy atom. The maximum Gasteiger partial charge on any atom is 0.132 e. The standard InChI is InChI=1S/C17H20N2O3/c1-11-16-13(10-22-11)6-7-18-17(16)19-9-12-4-5-14(20-2)8-15(12)21-3/h4-8,11H,9-10H2,1-3H3,(H,18,19). The Morgan fingerprint density at radius 2 is 2.14 bits per heavy atom. The van der Waals surface area contributed by atoms with Gasteiger partial charge in [0.05, 0.1) is 26.9 Å². The minimum absolute atomic E-state index is 0.0731. The van der Waals surface area contributed by atoms with Crippen molar-refractivity contribution in [3.63, 3.8) is 0 Å². The van der Waals surface area contributed by atoms with Crippen LogP contribution in [-0.2, 0) is 17.9 Å². The molecular weight excluding hydrogens is 280 g/mol. The summed E-state index contributed by atoms with van der Waals surface area (Å²) in [5.41, 5.74) is 3.40. The largest absolute Gasteiger partial charge is 0.497 e. The van der Waals surface area contributed by atoms with Crippen LogP contribution < -0.4 is 14.8 Å². The molecule has 0 saturated carbocycles. The zero-order chi connectivity index (χ0) is 15.5. The van der Waals surface area contributed by atoms with Crippen molar-refractivity contribution in [2.75, 3.05) is 19.5 Å². The van der Waals surface area contributed by atoms with Crippen LogP contribution in [0.15, 0.2) is 30.5 Å². The van der Waals surface area contributed by atoms with E-state index in [1.54, 1.807) is 14.2 Å². The van der Waals surface area contributed by atoms with E-state index in [1.165, 1.54) is 5.56 Å². The molecule has 2 heterocycles. The minimum Gasteiger partial charge on any atom is -0.497 e. The average molecular weight is 300 g/mol. The lowest BCUT2D eigenvalue weighted by Crippen LogP contribution is -2.07. The first-order chi connectivity index (χ1) is 10.7. The molecule has 5 nitrogen and oxygen atoms in total. The number of pyridine rings is 1. The highest BCUT2D eigenvalue weighted by atomic mass is 16.5. The van der Waals surface area contributed by atoms with Crippen LogP contribution in [0.1, 0.15) is 29.7 Å². The van der Waals surface area contributed by atoms with Crippen LogP contribution in [0.3, 0.4) is 0 Å². The summed E-state index contributed by atoms with van der Waals surface area (Å²) in [5.74, 6) is 2.45. The first kappa shape index (κ1) is 14.7. The summed E-state index contributed by atoms with van der Waals surface area (Å²) in [4.78, 5) is 4.45. The highest BCUT2D eigenvalue weighted by molar-refractivity contribution is 5.52. The van der Waals surface area contributed by atoms with Crippen molar-refractivity contribution in [1.29, 1.82) is 0 Å². The van der Waals surface area contributed by atoms with Crippen molar-refractivity contribution in [3.8, 4) is 11.5 Å². The molecule has 0 fully saturated rings. The Bertz CT molecular complexity index is 673. The van der Waals surface area contributed by atoms with Crippen molar-refractivity contribution < 1.29 is 14.2 Å². The quantitative estimate of drug-likeness (QED) is 0.918. The summed E-state index contributed by atoms with van der Waals surface area (Å²) in [6, 6.07) is 7.81. The van der Waals surface area contributed by atoms with Gasteiger partial charge in [-0.2, -0.15) is 0 Å². The fourth-order valence-corrected chi connectivity index (χ4v) is 2.71. The second kappa shape index (κ2) is 6.23. The number of hydrogen-bond donors (Lipinski definition) is 1. The maximum absolute atomic E-state index is 5.67. The van der Waals surface area contributed by atoms with Gasteiger partial charge in [-0.3, -0.25) is 0 Å². The second-order valence-corrected chi connectivity index (χ2v) is 5.22. The number of nitrogens with zero attached hydrogens (tertiary/aromatic N) is 1. The van der Waals surface area contributed by atoms with E-state index in [0.29, 0.717) is 13.2 Å². The molecule has 0 saturated heterocycles. The smallest absolute Gasteiger partial charge is 0.132 e. The zero-order valence-corrected chi connectivity index (χ0v) is 13.1. The van der Waals surface area contributed by atoms with Gasteiger partial charge < -0.3 is 19.5 Å².